The molecule has 1 aliphatic heterocycles. The van der Waals surface area contributed by atoms with Crippen molar-refractivity contribution in [3.8, 4) is 0 Å². The Balaban J connectivity index is 1.32. The third-order valence-corrected chi connectivity index (χ3v) is 5.63. The highest BCUT2D eigenvalue weighted by Crippen LogP contribution is 2.30. The second-order valence-electron chi connectivity index (χ2n) is 8.08. The van der Waals surface area contributed by atoms with E-state index in [0.29, 0.717) is 18.3 Å². The lowest BCUT2D eigenvalue weighted by molar-refractivity contribution is -0.122. The van der Waals surface area contributed by atoms with E-state index in [0.717, 1.165) is 50.6 Å². The van der Waals surface area contributed by atoms with Gasteiger partial charge in [-0.3, -0.25) is 9.59 Å². The maximum Gasteiger partial charge on any atom is 0.268 e. The van der Waals surface area contributed by atoms with Crippen LogP contribution in [0.1, 0.15) is 44.9 Å². The van der Waals surface area contributed by atoms with Gasteiger partial charge in [0.2, 0.25) is 5.91 Å². The molecule has 0 spiro atoms. The van der Waals surface area contributed by atoms with Crippen molar-refractivity contribution in [2.45, 2.75) is 51.5 Å². The maximum absolute atomic E-state index is 12.3. The Morgan fingerprint density at radius 3 is 2.68 bits per heavy atom. The number of aromatic nitrogens is 2. The Hall–Kier alpha value is -1.85. The number of hydrogen-bond acceptors (Lipinski definition) is 4. The van der Waals surface area contributed by atoms with Crippen LogP contribution in [0.25, 0.3) is 0 Å². The fourth-order valence-corrected chi connectivity index (χ4v) is 3.66. The monoisotopic (exact) mass is 344 g/mol. The molecule has 1 aromatic rings. The molecule has 4 rings (SSSR count). The number of nitrogens with one attached hydrogen (secondary N) is 1. The molecule has 0 radical (unpaired) electrons. The summed E-state index contributed by atoms with van der Waals surface area (Å²) in [6, 6.07) is 1.71. The van der Waals surface area contributed by atoms with E-state index in [4.69, 9.17) is 0 Å². The lowest BCUT2D eigenvalue weighted by atomic mass is 9.94. The van der Waals surface area contributed by atoms with Crippen LogP contribution in [-0.2, 0) is 11.3 Å². The molecule has 3 fully saturated rings. The third kappa shape index (κ3) is 4.61. The van der Waals surface area contributed by atoms with Crippen LogP contribution in [0.15, 0.2) is 17.1 Å². The van der Waals surface area contributed by atoms with Crippen LogP contribution in [0.2, 0.25) is 0 Å². The molecule has 6 heteroatoms. The number of hydrogen-bond donors (Lipinski definition) is 1. The molecule has 1 N–H and O–H groups in total. The molecule has 2 heterocycles. The van der Waals surface area contributed by atoms with E-state index >= 15 is 0 Å². The van der Waals surface area contributed by atoms with E-state index in [1.54, 1.807) is 10.7 Å². The average molecular weight is 344 g/mol. The summed E-state index contributed by atoms with van der Waals surface area (Å²) in [4.78, 5) is 26.6. The SMILES string of the molecule is O=C(CC1CCCN(c2cnn(CC3CC3)c(=O)c2)C1)NCC1CC1. The molecule has 1 aromatic heterocycles. The van der Waals surface area contributed by atoms with Gasteiger partial charge in [0.05, 0.1) is 11.9 Å². The summed E-state index contributed by atoms with van der Waals surface area (Å²) in [6.45, 7) is 3.37. The van der Waals surface area contributed by atoms with Gasteiger partial charge in [-0.05, 0) is 56.3 Å². The van der Waals surface area contributed by atoms with Crippen LogP contribution in [0.3, 0.4) is 0 Å². The Morgan fingerprint density at radius 1 is 1.16 bits per heavy atom. The Morgan fingerprint density at radius 2 is 1.96 bits per heavy atom. The lowest BCUT2D eigenvalue weighted by Gasteiger charge is -2.34. The number of rotatable bonds is 7. The molecule has 136 valence electrons. The molecule has 2 aliphatic carbocycles. The predicted octanol–water partition coefficient (Wildman–Crippen LogP) is 1.79. The van der Waals surface area contributed by atoms with Crippen molar-refractivity contribution in [3.63, 3.8) is 0 Å². The topological polar surface area (TPSA) is 67.2 Å². The Bertz CT molecular complexity index is 678. The van der Waals surface area contributed by atoms with Crippen LogP contribution in [0.4, 0.5) is 5.69 Å². The van der Waals surface area contributed by atoms with Gasteiger partial charge in [0, 0.05) is 38.7 Å². The molecular formula is C19H28N4O2. The highest BCUT2D eigenvalue weighted by Gasteiger charge is 2.26. The normalized spacial score (nSPS) is 23.5. The van der Waals surface area contributed by atoms with E-state index in [9.17, 15) is 9.59 Å². The highest BCUT2D eigenvalue weighted by atomic mass is 16.1. The van der Waals surface area contributed by atoms with Crippen LogP contribution in [0.5, 0.6) is 0 Å². The van der Waals surface area contributed by atoms with Gasteiger partial charge >= 0.3 is 0 Å². The summed E-state index contributed by atoms with van der Waals surface area (Å²) < 4.78 is 1.59. The zero-order chi connectivity index (χ0) is 17.2. The van der Waals surface area contributed by atoms with Gasteiger partial charge < -0.3 is 10.2 Å². The smallest absolute Gasteiger partial charge is 0.268 e. The molecule has 25 heavy (non-hydrogen) atoms. The van der Waals surface area contributed by atoms with E-state index in [-0.39, 0.29) is 11.5 Å². The first-order valence-electron chi connectivity index (χ1n) is 9.76. The molecule has 3 aliphatic rings. The van der Waals surface area contributed by atoms with Gasteiger partial charge in [-0.1, -0.05) is 0 Å². The second kappa shape index (κ2) is 7.18. The molecule has 1 atom stereocenters. The quantitative estimate of drug-likeness (QED) is 0.819. The lowest BCUT2D eigenvalue weighted by Crippen LogP contribution is -2.39. The van der Waals surface area contributed by atoms with Crippen molar-refractivity contribution < 1.29 is 4.79 Å². The molecule has 1 amide bonds. The van der Waals surface area contributed by atoms with Crippen LogP contribution >= 0.6 is 0 Å². The van der Waals surface area contributed by atoms with Crippen molar-refractivity contribution in [1.29, 1.82) is 0 Å². The minimum atomic E-state index is -0.00583. The van der Waals surface area contributed by atoms with Gasteiger partial charge in [0.15, 0.2) is 0 Å². The zero-order valence-corrected chi connectivity index (χ0v) is 14.8. The largest absolute Gasteiger partial charge is 0.370 e. The summed E-state index contributed by atoms with van der Waals surface area (Å²) in [5.41, 5.74) is 0.897. The number of amides is 1. The first-order valence-corrected chi connectivity index (χ1v) is 9.76. The summed E-state index contributed by atoms with van der Waals surface area (Å²) in [5, 5.41) is 7.42. The molecule has 1 saturated heterocycles. The molecule has 1 unspecified atom stereocenters. The predicted molar refractivity (Wildman–Crippen MR) is 96.5 cm³/mol. The van der Waals surface area contributed by atoms with Gasteiger partial charge in [-0.15, -0.1) is 0 Å². The van der Waals surface area contributed by atoms with Crippen molar-refractivity contribution in [2.75, 3.05) is 24.5 Å². The summed E-state index contributed by atoms with van der Waals surface area (Å²) in [7, 11) is 0. The van der Waals surface area contributed by atoms with E-state index in [1.807, 2.05) is 6.20 Å². The molecule has 6 nitrogen and oxygen atoms in total. The van der Waals surface area contributed by atoms with Gasteiger partial charge in [0.25, 0.3) is 5.56 Å². The fraction of sp³-hybridized carbons (Fsp3) is 0.737. The van der Waals surface area contributed by atoms with Crippen molar-refractivity contribution in [1.82, 2.24) is 15.1 Å². The first kappa shape index (κ1) is 16.6. The minimum absolute atomic E-state index is 0.00583. The van der Waals surface area contributed by atoms with E-state index in [1.165, 1.54) is 25.7 Å². The molecule has 0 bridgehead atoms. The number of carbonyl (C=O) groups excluding carboxylic acids is 1. The number of anilines is 1. The first-order chi connectivity index (χ1) is 12.2. The minimum Gasteiger partial charge on any atom is -0.370 e. The zero-order valence-electron chi connectivity index (χ0n) is 14.8. The number of piperidine rings is 1. The van der Waals surface area contributed by atoms with Crippen molar-refractivity contribution in [2.24, 2.45) is 17.8 Å². The number of carbonyl (C=O) groups is 1. The van der Waals surface area contributed by atoms with Gasteiger partial charge in [-0.25, -0.2) is 4.68 Å². The average Bonchev–Trinajstić information content (AvgIpc) is 3.50. The highest BCUT2D eigenvalue weighted by molar-refractivity contribution is 5.76. The van der Waals surface area contributed by atoms with Crippen LogP contribution < -0.4 is 15.8 Å². The fourth-order valence-electron chi connectivity index (χ4n) is 3.66. The molecule has 2 saturated carbocycles. The van der Waals surface area contributed by atoms with Crippen molar-refractivity contribution >= 4 is 11.6 Å². The van der Waals surface area contributed by atoms with E-state index in [2.05, 4.69) is 15.3 Å². The maximum atomic E-state index is 12.3. The third-order valence-electron chi connectivity index (χ3n) is 5.63. The van der Waals surface area contributed by atoms with E-state index < -0.39 is 0 Å². The summed E-state index contributed by atoms with van der Waals surface area (Å²) >= 11 is 0. The second-order valence-corrected chi connectivity index (χ2v) is 8.08. The summed E-state index contributed by atoms with van der Waals surface area (Å²) in [6.07, 6.45) is 9.51. The van der Waals surface area contributed by atoms with Gasteiger partial charge in [-0.2, -0.15) is 5.10 Å². The van der Waals surface area contributed by atoms with Gasteiger partial charge in [0.1, 0.15) is 0 Å². The van der Waals surface area contributed by atoms with Crippen molar-refractivity contribution in [3.05, 3.63) is 22.6 Å². The van der Waals surface area contributed by atoms with Crippen LogP contribution in [0, 0.1) is 17.8 Å². The Labute approximate surface area is 148 Å². The number of nitrogens with zero attached hydrogens (tertiary/aromatic N) is 3. The molecular weight excluding hydrogens is 316 g/mol. The standard InChI is InChI=1S/C19H28N4O2/c24-18(20-10-14-3-4-14)8-16-2-1-7-22(12-16)17-9-19(25)23(21-11-17)13-15-5-6-15/h9,11,14-16H,1-8,10,12-13H2,(H,20,24). The Kier molecular flexibility index (Phi) is 4.77. The molecule has 0 aromatic carbocycles. The summed E-state index contributed by atoms with van der Waals surface area (Å²) in [5.74, 6) is 1.91. The van der Waals surface area contributed by atoms with Crippen LogP contribution in [-0.4, -0.2) is 35.3 Å².